The largest absolute Gasteiger partial charge is 0.392 e. The van der Waals surface area contributed by atoms with Crippen molar-refractivity contribution in [3.8, 4) is 0 Å². The number of hydrogen-bond donors (Lipinski definition) is 1. The smallest absolute Gasteiger partial charge is 0.235 e. The number of carbonyl (C=O) groups excluding carboxylic acids is 1. The predicted molar refractivity (Wildman–Crippen MR) is 88.7 cm³/mol. The fraction of sp³-hybridized carbons (Fsp3) is 0.875. The number of nitrogens with zero attached hydrogens (tertiary/aromatic N) is 1. The Morgan fingerprint density at radius 1 is 1.25 bits per heavy atom. The van der Waals surface area contributed by atoms with Gasteiger partial charge in [0.15, 0.2) is 0 Å². The van der Waals surface area contributed by atoms with Gasteiger partial charge in [-0.1, -0.05) is 51.7 Å². The molecule has 20 heavy (non-hydrogen) atoms. The second kappa shape index (κ2) is 7.96. The van der Waals surface area contributed by atoms with E-state index < -0.39 is 5.41 Å². The molecule has 1 amide bonds. The highest BCUT2D eigenvalue weighted by atomic mass is 32.1. The molecule has 1 rings (SSSR count). The molecule has 1 saturated heterocycles. The first kappa shape index (κ1) is 17.4. The van der Waals surface area contributed by atoms with E-state index in [2.05, 4.69) is 25.7 Å². The Hall–Kier alpha value is -0.640. The maximum atomic E-state index is 13.2. The fourth-order valence-electron chi connectivity index (χ4n) is 3.40. The second-order valence-corrected chi connectivity index (χ2v) is 6.58. The van der Waals surface area contributed by atoms with Crippen LogP contribution in [0.3, 0.4) is 0 Å². The maximum absolute atomic E-state index is 13.2. The minimum absolute atomic E-state index is 0.183. The number of rotatable bonds is 6. The van der Waals surface area contributed by atoms with E-state index >= 15 is 0 Å². The Balaban J connectivity index is 3.04. The van der Waals surface area contributed by atoms with Crippen LogP contribution in [-0.4, -0.2) is 28.4 Å². The molecule has 0 aromatic heterocycles. The summed E-state index contributed by atoms with van der Waals surface area (Å²) in [5.74, 6) is 0.183. The molecule has 0 radical (unpaired) electrons. The van der Waals surface area contributed by atoms with Gasteiger partial charge in [0.2, 0.25) is 5.91 Å². The van der Waals surface area contributed by atoms with Crippen LogP contribution in [0.5, 0.6) is 0 Å². The van der Waals surface area contributed by atoms with Gasteiger partial charge in [-0.05, 0) is 32.6 Å². The van der Waals surface area contributed by atoms with Crippen molar-refractivity contribution in [3.63, 3.8) is 0 Å². The van der Waals surface area contributed by atoms with Gasteiger partial charge in [-0.2, -0.15) is 0 Å². The molecule has 116 valence electrons. The zero-order valence-electron chi connectivity index (χ0n) is 13.3. The van der Waals surface area contributed by atoms with Crippen molar-refractivity contribution in [1.29, 1.82) is 0 Å². The maximum Gasteiger partial charge on any atom is 0.235 e. The summed E-state index contributed by atoms with van der Waals surface area (Å²) in [6, 6.07) is 0.312. The topological polar surface area (TPSA) is 46.3 Å². The molecule has 4 heteroatoms. The summed E-state index contributed by atoms with van der Waals surface area (Å²) in [5.41, 5.74) is 5.41. The van der Waals surface area contributed by atoms with E-state index in [1.54, 1.807) is 0 Å². The standard InChI is InChI=1S/C16H30N2OS/c1-4-10-16(11-5-2,14(17)20)15(19)18-12-8-6-7-9-13(18)3/h13H,4-12H2,1-3H3,(H2,17,20). The molecule has 1 atom stereocenters. The number of hydrogen-bond acceptors (Lipinski definition) is 2. The van der Waals surface area contributed by atoms with Gasteiger partial charge in [-0.3, -0.25) is 4.79 Å². The van der Waals surface area contributed by atoms with Crippen molar-refractivity contribution in [2.45, 2.75) is 78.2 Å². The molecule has 1 aliphatic heterocycles. The summed E-state index contributed by atoms with van der Waals surface area (Å²) in [6.07, 6.45) is 8.05. The minimum Gasteiger partial charge on any atom is -0.392 e. The van der Waals surface area contributed by atoms with E-state index in [4.69, 9.17) is 18.0 Å². The Bertz CT molecular complexity index is 337. The molecule has 0 aromatic rings. The molecule has 0 spiro atoms. The summed E-state index contributed by atoms with van der Waals surface area (Å²) in [6.45, 7) is 7.22. The van der Waals surface area contributed by atoms with E-state index in [-0.39, 0.29) is 5.91 Å². The van der Waals surface area contributed by atoms with E-state index in [9.17, 15) is 4.79 Å². The molecule has 1 heterocycles. The minimum atomic E-state index is -0.614. The van der Waals surface area contributed by atoms with Gasteiger partial charge >= 0.3 is 0 Å². The van der Waals surface area contributed by atoms with E-state index in [1.807, 2.05) is 0 Å². The molecule has 0 bridgehead atoms. The molecule has 2 N–H and O–H groups in total. The Kier molecular flexibility index (Phi) is 6.93. The van der Waals surface area contributed by atoms with Crippen LogP contribution in [0.15, 0.2) is 0 Å². The van der Waals surface area contributed by atoms with E-state index in [0.29, 0.717) is 11.0 Å². The van der Waals surface area contributed by atoms with Crippen LogP contribution in [0, 0.1) is 5.41 Å². The van der Waals surface area contributed by atoms with E-state index in [0.717, 1.165) is 45.1 Å². The lowest BCUT2D eigenvalue weighted by Crippen LogP contribution is -2.53. The lowest BCUT2D eigenvalue weighted by molar-refractivity contribution is -0.141. The highest BCUT2D eigenvalue weighted by Crippen LogP contribution is 2.34. The first-order chi connectivity index (χ1) is 9.49. The lowest BCUT2D eigenvalue weighted by Gasteiger charge is -2.38. The normalized spacial score (nSPS) is 20.6. The number of nitrogens with two attached hydrogens (primary N) is 1. The lowest BCUT2D eigenvalue weighted by atomic mass is 9.77. The Labute approximate surface area is 129 Å². The van der Waals surface area contributed by atoms with Crippen LogP contribution in [0.2, 0.25) is 0 Å². The molecule has 0 aliphatic carbocycles. The van der Waals surface area contributed by atoms with E-state index in [1.165, 1.54) is 12.8 Å². The third-order valence-corrected chi connectivity index (χ3v) is 4.94. The molecular formula is C16H30N2OS. The number of amides is 1. The van der Waals surface area contributed by atoms with Gasteiger partial charge in [0, 0.05) is 12.6 Å². The fourth-order valence-corrected chi connectivity index (χ4v) is 3.69. The van der Waals surface area contributed by atoms with Crippen molar-refractivity contribution in [2.75, 3.05) is 6.54 Å². The summed E-state index contributed by atoms with van der Waals surface area (Å²) in [4.78, 5) is 15.6. The number of thiocarbonyl (C=S) groups is 1. The molecular weight excluding hydrogens is 268 g/mol. The van der Waals surface area contributed by atoms with Gasteiger partial charge in [-0.25, -0.2) is 0 Å². The van der Waals surface area contributed by atoms with Crippen molar-refractivity contribution < 1.29 is 4.79 Å². The highest BCUT2D eigenvalue weighted by molar-refractivity contribution is 7.80. The van der Waals surface area contributed by atoms with Gasteiger partial charge < -0.3 is 10.6 Å². The van der Waals surface area contributed by atoms with Crippen molar-refractivity contribution >= 4 is 23.1 Å². The van der Waals surface area contributed by atoms with Crippen LogP contribution in [0.25, 0.3) is 0 Å². The van der Waals surface area contributed by atoms with Crippen molar-refractivity contribution in [1.82, 2.24) is 4.90 Å². The van der Waals surface area contributed by atoms with Crippen molar-refractivity contribution in [3.05, 3.63) is 0 Å². The van der Waals surface area contributed by atoms with Gasteiger partial charge in [-0.15, -0.1) is 0 Å². The monoisotopic (exact) mass is 298 g/mol. The molecule has 0 saturated carbocycles. The Morgan fingerprint density at radius 3 is 2.35 bits per heavy atom. The molecule has 3 nitrogen and oxygen atoms in total. The summed E-state index contributed by atoms with van der Waals surface area (Å²) in [7, 11) is 0. The zero-order valence-corrected chi connectivity index (χ0v) is 14.1. The SMILES string of the molecule is CCCC(CCC)(C(=O)N1CCCCCC1C)C(N)=S. The summed E-state index contributed by atoms with van der Waals surface area (Å²) in [5, 5.41) is 0. The molecule has 1 unspecified atom stereocenters. The Morgan fingerprint density at radius 2 is 1.85 bits per heavy atom. The van der Waals surface area contributed by atoms with Gasteiger partial charge in [0.1, 0.15) is 0 Å². The summed E-state index contributed by atoms with van der Waals surface area (Å²) < 4.78 is 0. The van der Waals surface area contributed by atoms with Gasteiger partial charge in [0.25, 0.3) is 0 Å². The predicted octanol–water partition coefficient (Wildman–Crippen LogP) is 3.65. The third-order valence-electron chi connectivity index (χ3n) is 4.55. The highest BCUT2D eigenvalue weighted by Gasteiger charge is 2.43. The quantitative estimate of drug-likeness (QED) is 0.761. The zero-order chi connectivity index (χ0) is 15.2. The first-order valence-electron chi connectivity index (χ1n) is 8.10. The van der Waals surface area contributed by atoms with Crippen LogP contribution in [-0.2, 0) is 4.79 Å². The average molecular weight is 298 g/mol. The molecule has 1 aliphatic rings. The van der Waals surface area contributed by atoms with Crippen LogP contribution in [0.1, 0.15) is 72.1 Å². The number of carbonyl (C=O) groups is 1. The molecule has 1 fully saturated rings. The summed E-state index contributed by atoms with van der Waals surface area (Å²) >= 11 is 5.31. The number of likely N-dealkylation sites (tertiary alicyclic amines) is 1. The third kappa shape index (κ3) is 3.72. The second-order valence-electron chi connectivity index (χ2n) is 6.14. The van der Waals surface area contributed by atoms with Crippen LogP contribution in [0.4, 0.5) is 0 Å². The average Bonchev–Trinajstić information content (AvgIpc) is 2.62. The first-order valence-corrected chi connectivity index (χ1v) is 8.51. The van der Waals surface area contributed by atoms with Crippen LogP contribution >= 0.6 is 12.2 Å². The van der Waals surface area contributed by atoms with Gasteiger partial charge in [0.05, 0.1) is 10.4 Å². The molecule has 0 aromatic carbocycles. The van der Waals surface area contributed by atoms with Crippen LogP contribution < -0.4 is 5.73 Å². The van der Waals surface area contributed by atoms with Crippen molar-refractivity contribution in [2.24, 2.45) is 11.1 Å².